The van der Waals surface area contributed by atoms with Crippen molar-refractivity contribution < 1.29 is 4.79 Å². The van der Waals surface area contributed by atoms with Gasteiger partial charge >= 0.3 is 0 Å². The number of piperazine rings is 1. The first kappa shape index (κ1) is 16.0. The van der Waals surface area contributed by atoms with Crippen LogP contribution in [0.25, 0.3) is 0 Å². The van der Waals surface area contributed by atoms with E-state index in [1.54, 1.807) is 6.20 Å². The fourth-order valence-corrected chi connectivity index (χ4v) is 3.49. The third kappa shape index (κ3) is 4.09. The van der Waals surface area contributed by atoms with Crippen molar-refractivity contribution in [2.75, 3.05) is 36.4 Å². The second-order valence-corrected chi connectivity index (χ2v) is 6.89. The van der Waals surface area contributed by atoms with Crippen LogP contribution in [0.2, 0.25) is 0 Å². The monoisotopic (exact) mass is 330 g/mol. The van der Waals surface area contributed by atoms with Crippen LogP contribution in [-0.4, -0.2) is 48.0 Å². The molecule has 1 aliphatic rings. The Bertz CT molecular complexity index is 641. The Morgan fingerprint density at radius 2 is 2.13 bits per heavy atom. The van der Waals surface area contributed by atoms with Gasteiger partial charge in [-0.05, 0) is 26.0 Å². The minimum absolute atomic E-state index is 0.0101. The van der Waals surface area contributed by atoms with E-state index in [-0.39, 0.29) is 5.91 Å². The van der Waals surface area contributed by atoms with Crippen LogP contribution in [0.3, 0.4) is 0 Å². The standard InChI is InChI=1S/C17H22N4OS/c1-13-3-5-15(6-4-13)21-9-8-20(11-14(21)2)12-16(22)19-17-18-7-10-23-17/h3-7,10,14H,8-9,11-12H2,1-2H3,(H,18,19,22)/t14-/m0/s1. The number of carbonyl (C=O) groups excluding carboxylic acids is 1. The Morgan fingerprint density at radius 3 is 2.78 bits per heavy atom. The lowest BCUT2D eigenvalue weighted by molar-refractivity contribution is -0.117. The van der Waals surface area contributed by atoms with Gasteiger partial charge in [0.05, 0.1) is 6.54 Å². The molecule has 23 heavy (non-hydrogen) atoms. The summed E-state index contributed by atoms with van der Waals surface area (Å²) in [5, 5.41) is 5.37. The first-order chi connectivity index (χ1) is 11.1. The van der Waals surface area contributed by atoms with Crippen molar-refractivity contribution >= 4 is 28.1 Å². The molecule has 1 saturated heterocycles. The molecule has 2 aromatic rings. The number of nitrogens with one attached hydrogen (secondary N) is 1. The summed E-state index contributed by atoms with van der Waals surface area (Å²) in [6.07, 6.45) is 1.70. The molecule has 2 heterocycles. The zero-order valence-corrected chi connectivity index (χ0v) is 14.3. The van der Waals surface area contributed by atoms with E-state index in [2.05, 4.69) is 58.2 Å². The third-order valence-electron chi connectivity index (χ3n) is 4.12. The van der Waals surface area contributed by atoms with Gasteiger partial charge in [0.15, 0.2) is 5.13 Å². The van der Waals surface area contributed by atoms with Crippen LogP contribution in [0.1, 0.15) is 12.5 Å². The number of thiazole rings is 1. The molecule has 5 nitrogen and oxygen atoms in total. The summed E-state index contributed by atoms with van der Waals surface area (Å²) in [5.74, 6) is 0.0101. The number of hydrogen-bond donors (Lipinski definition) is 1. The molecule has 0 spiro atoms. The molecule has 0 bridgehead atoms. The summed E-state index contributed by atoms with van der Waals surface area (Å²) in [4.78, 5) is 20.8. The minimum Gasteiger partial charge on any atom is -0.366 e. The highest BCUT2D eigenvalue weighted by Crippen LogP contribution is 2.21. The summed E-state index contributed by atoms with van der Waals surface area (Å²) in [6.45, 7) is 7.46. The lowest BCUT2D eigenvalue weighted by Crippen LogP contribution is -2.53. The van der Waals surface area contributed by atoms with Crippen molar-refractivity contribution in [3.05, 3.63) is 41.4 Å². The summed E-state index contributed by atoms with van der Waals surface area (Å²) in [5.41, 5.74) is 2.54. The van der Waals surface area contributed by atoms with E-state index in [0.717, 1.165) is 19.6 Å². The van der Waals surface area contributed by atoms with Crippen LogP contribution in [0.5, 0.6) is 0 Å². The van der Waals surface area contributed by atoms with Gasteiger partial charge in [0, 0.05) is 42.9 Å². The Kier molecular flexibility index (Phi) is 4.93. The van der Waals surface area contributed by atoms with E-state index in [0.29, 0.717) is 17.7 Å². The van der Waals surface area contributed by atoms with E-state index >= 15 is 0 Å². The van der Waals surface area contributed by atoms with Gasteiger partial charge in [0.25, 0.3) is 0 Å². The molecule has 1 fully saturated rings. The van der Waals surface area contributed by atoms with E-state index in [1.807, 2.05) is 5.38 Å². The van der Waals surface area contributed by atoms with Crippen LogP contribution in [-0.2, 0) is 4.79 Å². The summed E-state index contributed by atoms with van der Waals surface area (Å²) in [7, 11) is 0. The number of benzene rings is 1. The Morgan fingerprint density at radius 1 is 1.35 bits per heavy atom. The molecule has 1 amide bonds. The number of hydrogen-bond acceptors (Lipinski definition) is 5. The van der Waals surface area contributed by atoms with Gasteiger partial charge in [-0.15, -0.1) is 11.3 Å². The van der Waals surface area contributed by atoms with Crippen LogP contribution >= 0.6 is 11.3 Å². The molecule has 1 N–H and O–H groups in total. The predicted octanol–water partition coefficient (Wildman–Crippen LogP) is 2.60. The molecule has 0 saturated carbocycles. The molecule has 1 aliphatic heterocycles. The second kappa shape index (κ2) is 7.10. The maximum absolute atomic E-state index is 12.1. The van der Waals surface area contributed by atoms with Gasteiger partial charge in [-0.25, -0.2) is 4.98 Å². The second-order valence-electron chi connectivity index (χ2n) is 6.00. The van der Waals surface area contributed by atoms with Crippen LogP contribution in [0, 0.1) is 6.92 Å². The van der Waals surface area contributed by atoms with Crippen molar-refractivity contribution in [1.82, 2.24) is 9.88 Å². The Hall–Kier alpha value is -1.92. The smallest absolute Gasteiger partial charge is 0.240 e. The number of anilines is 2. The van der Waals surface area contributed by atoms with E-state index < -0.39 is 0 Å². The Labute approximate surface area is 140 Å². The van der Waals surface area contributed by atoms with Gasteiger partial charge in [0.1, 0.15) is 0 Å². The van der Waals surface area contributed by atoms with Crippen molar-refractivity contribution in [3.8, 4) is 0 Å². The number of amides is 1. The first-order valence-electron chi connectivity index (χ1n) is 7.87. The quantitative estimate of drug-likeness (QED) is 0.936. The lowest BCUT2D eigenvalue weighted by Gasteiger charge is -2.41. The van der Waals surface area contributed by atoms with Gasteiger partial charge in [-0.1, -0.05) is 17.7 Å². The third-order valence-corrected chi connectivity index (χ3v) is 4.81. The SMILES string of the molecule is Cc1ccc(N2CCN(CC(=O)Nc3nccs3)C[C@@H]2C)cc1. The van der Waals surface area contributed by atoms with Gasteiger partial charge in [0.2, 0.25) is 5.91 Å². The topological polar surface area (TPSA) is 48.5 Å². The zero-order chi connectivity index (χ0) is 16.2. The number of carbonyl (C=O) groups is 1. The maximum atomic E-state index is 12.1. The van der Waals surface area contributed by atoms with Crippen LogP contribution < -0.4 is 10.2 Å². The van der Waals surface area contributed by atoms with Crippen LogP contribution in [0.4, 0.5) is 10.8 Å². The summed E-state index contributed by atoms with van der Waals surface area (Å²) in [6, 6.07) is 9.04. The van der Waals surface area contributed by atoms with Gasteiger partial charge in [-0.2, -0.15) is 0 Å². The van der Waals surface area contributed by atoms with Crippen LogP contribution in [0.15, 0.2) is 35.8 Å². The number of aromatic nitrogens is 1. The molecular weight excluding hydrogens is 308 g/mol. The highest BCUT2D eigenvalue weighted by molar-refractivity contribution is 7.13. The largest absolute Gasteiger partial charge is 0.366 e. The normalized spacial score (nSPS) is 18.9. The van der Waals surface area contributed by atoms with Crippen molar-refractivity contribution in [2.24, 2.45) is 0 Å². The summed E-state index contributed by atoms with van der Waals surface area (Å²) >= 11 is 1.44. The molecule has 6 heteroatoms. The number of aryl methyl sites for hydroxylation is 1. The van der Waals surface area contributed by atoms with Crippen molar-refractivity contribution in [3.63, 3.8) is 0 Å². The van der Waals surface area contributed by atoms with E-state index in [9.17, 15) is 4.79 Å². The number of nitrogens with zero attached hydrogens (tertiary/aromatic N) is 3. The van der Waals surface area contributed by atoms with Crippen molar-refractivity contribution in [2.45, 2.75) is 19.9 Å². The van der Waals surface area contributed by atoms with E-state index in [4.69, 9.17) is 0 Å². The number of rotatable bonds is 4. The lowest BCUT2D eigenvalue weighted by atomic mass is 10.1. The molecule has 0 aliphatic carbocycles. The average Bonchev–Trinajstić information content (AvgIpc) is 3.01. The Balaban J connectivity index is 1.53. The van der Waals surface area contributed by atoms with E-state index in [1.165, 1.54) is 22.6 Å². The molecular formula is C17H22N4OS. The van der Waals surface area contributed by atoms with Crippen molar-refractivity contribution in [1.29, 1.82) is 0 Å². The average molecular weight is 330 g/mol. The zero-order valence-electron chi connectivity index (χ0n) is 13.5. The molecule has 1 aromatic carbocycles. The molecule has 0 unspecified atom stereocenters. The molecule has 1 atom stereocenters. The molecule has 3 rings (SSSR count). The molecule has 0 radical (unpaired) electrons. The highest BCUT2D eigenvalue weighted by atomic mass is 32.1. The van der Waals surface area contributed by atoms with Gasteiger partial charge < -0.3 is 10.2 Å². The fraction of sp³-hybridized carbons (Fsp3) is 0.412. The predicted molar refractivity (Wildman–Crippen MR) is 95.2 cm³/mol. The summed E-state index contributed by atoms with van der Waals surface area (Å²) < 4.78 is 0. The first-order valence-corrected chi connectivity index (χ1v) is 8.75. The van der Waals surface area contributed by atoms with Gasteiger partial charge in [-0.3, -0.25) is 9.69 Å². The minimum atomic E-state index is 0.0101. The fourth-order valence-electron chi connectivity index (χ4n) is 2.94. The molecule has 122 valence electrons. The highest BCUT2D eigenvalue weighted by Gasteiger charge is 2.25. The maximum Gasteiger partial charge on any atom is 0.240 e. The molecule has 1 aromatic heterocycles.